The SMILES string of the molecule is CCCCN(C(=O)c1ccccc1F)c1ccccc1. The maximum absolute atomic E-state index is 13.8. The van der Waals surface area contributed by atoms with Gasteiger partial charge < -0.3 is 4.90 Å². The Kier molecular flexibility index (Phi) is 4.88. The van der Waals surface area contributed by atoms with Crippen LogP contribution in [0.5, 0.6) is 0 Å². The van der Waals surface area contributed by atoms with Crippen molar-refractivity contribution in [1.82, 2.24) is 0 Å². The van der Waals surface area contributed by atoms with Gasteiger partial charge in [-0.25, -0.2) is 4.39 Å². The molecule has 0 aliphatic heterocycles. The standard InChI is InChI=1S/C17H18FNO/c1-2-3-13-19(14-9-5-4-6-10-14)17(20)15-11-7-8-12-16(15)18/h4-12H,2-3,13H2,1H3. The van der Waals surface area contributed by atoms with E-state index in [4.69, 9.17) is 0 Å². The monoisotopic (exact) mass is 271 g/mol. The number of rotatable bonds is 5. The van der Waals surface area contributed by atoms with Gasteiger partial charge in [0, 0.05) is 12.2 Å². The minimum Gasteiger partial charge on any atom is -0.308 e. The van der Waals surface area contributed by atoms with Crippen LogP contribution in [0.4, 0.5) is 10.1 Å². The summed E-state index contributed by atoms with van der Waals surface area (Å²) in [6, 6.07) is 15.5. The van der Waals surface area contributed by atoms with Crippen molar-refractivity contribution in [3.8, 4) is 0 Å². The van der Waals surface area contributed by atoms with E-state index < -0.39 is 5.82 Å². The molecule has 2 nitrogen and oxygen atoms in total. The molecule has 2 aromatic carbocycles. The molecule has 0 unspecified atom stereocenters. The van der Waals surface area contributed by atoms with Gasteiger partial charge in [0.05, 0.1) is 5.56 Å². The lowest BCUT2D eigenvalue weighted by atomic mass is 10.1. The highest BCUT2D eigenvalue weighted by molar-refractivity contribution is 6.06. The highest BCUT2D eigenvalue weighted by Gasteiger charge is 2.19. The molecular weight excluding hydrogens is 253 g/mol. The molecule has 1 amide bonds. The fourth-order valence-corrected chi connectivity index (χ4v) is 2.05. The molecular formula is C17H18FNO. The predicted octanol–water partition coefficient (Wildman–Crippen LogP) is 4.27. The fourth-order valence-electron chi connectivity index (χ4n) is 2.05. The minimum atomic E-state index is -0.477. The van der Waals surface area contributed by atoms with Crippen LogP contribution in [0.1, 0.15) is 30.1 Å². The Morgan fingerprint density at radius 3 is 2.35 bits per heavy atom. The largest absolute Gasteiger partial charge is 0.308 e. The summed E-state index contributed by atoms with van der Waals surface area (Å²) in [4.78, 5) is 14.2. The van der Waals surface area contributed by atoms with E-state index in [1.165, 1.54) is 12.1 Å². The number of hydrogen-bond acceptors (Lipinski definition) is 1. The molecule has 0 heterocycles. The molecule has 0 bridgehead atoms. The van der Waals surface area contributed by atoms with Gasteiger partial charge in [0.15, 0.2) is 0 Å². The van der Waals surface area contributed by atoms with Crippen LogP contribution in [0.2, 0.25) is 0 Å². The Hall–Kier alpha value is -2.16. The summed E-state index contributed by atoms with van der Waals surface area (Å²) in [5.74, 6) is -0.766. The normalized spacial score (nSPS) is 10.3. The Labute approximate surface area is 118 Å². The van der Waals surface area contributed by atoms with E-state index in [9.17, 15) is 9.18 Å². The molecule has 0 saturated heterocycles. The highest BCUT2D eigenvalue weighted by atomic mass is 19.1. The molecule has 0 saturated carbocycles. The van der Waals surface area contributed by atoms with Crippen molar-refractivity contribution in [1.29, 1.82) is 0 Å². The number of unbranched alkanes of at least 4 members (excludes halogenated alkanes) is 1. The first-order chi connectivity index (χ1) is 9.74. The first kappa shape index (κ1) is 14.3. The maximum atomic E-state index is 13.8. The molecule has 0 atom stereocenters. The molecule has 0 fully saturated rings. The minimum absolute atomic E-state index is 0.118. The molecule has 0 N–H and O–H groups in total. The first-order valence-electron chi connectivity index (χ1n) is 6.85. The fraction of sp³-hybridized carbons (Fsp3) is 0.235. The van der Waals surface area contributed by atoms with Gasteiger partial charge in [0.1, 0.15) is 5.82 Å². The summed E-state index contributed by atoms with van der Waals surface area (Å²) < 4.78 is 13.8. The molecule has 0 spiro atoms. The lowest BCUT2D eigenvalue weighted by Crippen LogP contribution is -2.32. The van der Waals surface area contributed by atoms with Crippen LogP contribution in [0.15, 0.2) is 54.6 Å². The zero-order chi connectivity index (χ0) is 14.4. The average molecular weight is 271 g/mol. The second-order valence-electron chi connectivity index (χ2n) is 4.63. The molecule has 0 aromatic heterocycles. The highest BCUT2D eigenvalue weighted by Crippen LogP contribution is 2.19. The third-order valence-corrected chi connectivity index (χ3v) is 3.15. The van der Waals surface area contributed by atoms with E-state index in [0.29, 0.717) is 6.54 Å². The number of anilines is 1. The molecule has 2 rings (SSSR count). The van der Waals surface area contributed by atoms with Gasteiger partial charge >= 0.3 is 0 Å². The summed E-state index contributed by atoms with van der Waals surface area (Å²) >= 11 is 0. The quantitative estimate of drug-likeness (QED) is 0.795. The number of para-hydroxylation sites is 1. The van der Waals surface area contributed by atoms with Crippen molar-refractivity contribution < 1.29 is 9.18 Å². The number of hydrogen-bond donors (Lipinski definition) is 0. The molecule has 104 valence electrons. The smallest absolute Gasteiger partial charge is 0.261 e. The van der Waals surface area contributed by atoms with Crippen LogP contribution in [0.3, 0.4) is 0 Å². The van der Waals surface area contributed by atoms with Gasteiger partial charge in [-0.05, 0) is 30.7 Å². The molecule has 0 radical (unpaired) electrons. The number of carbonyl (C=O) groups excluding carboxylic acids is 1. The van der Waals surface area contributed by atoms with Crippen LogP contribution in [-0.2, 0) is 0 Å². The second kappa shape index (κ2) is 6.85. The van der Waals surface area contributed by atoms with E-state index in [-0.39, 0.29) is 11.5 Å². The van der Waals surface area contributed by atoms with Crippen LogP contribution < -0.4 is 4.90 Å². The van der Waals surface area contributed by atoms with Gasteiger partial charge in [-0.15, -0.1) is 0 Å². The summed E-state index contributed by atoms with van der Waals surface area (Å²) in [5.41, 5.74) is 0.918. The zero-order valence-electron chi connectivity index (χ0n) is 11.6. The molecule has 3 heteroatoms. The predicted molar refractivity (Wildman–Crippen MR) is 79.4 cm³/mol. The Bertz CT molecular complexity index is 568. The lowest BCUT2D eigenvalue weighted by molar-refractivity contribution is 0.0982. The lowest BCUT2D eigenvalue weighted by Gasteiger charge is -2.23. The van der Waals surface area contributed by atoms with E-state index in [1.54, 1.807) is 17.0 Å². The Morgan fingerprint density at radius 1 is 1.05 bits per heavy atom. The van der Waals surface area contributed by atoms with Crippen molar-refractivity contribution in [3.05, 3.63) is 66.0 Å². The Morgan fingerprint density at radius 2 is 1.70 bits per heavy atom. The number of benzene rings is 2. The summed E-state index contributed by atoms with van der Waals surface area (Å²) in [5, 5.41) is 0. The van der Waals surface area contributed by atoms with Gasteiger partial charge in [0.2, 0.25) is 0 Å². The van der Waals surface area contributed by atoms with Gasteiger partial charge in [0.25, 0.3) is 5.91 Å². The van der Waals surface area contributed by atoms with Crippen molar-refractivity contribution in [2.75, 3.05) is 11.4 Å². The Balaban J connectivity index is 2.32. The molecule has 20 heavy (non-hydrogen) atoms. The van der Waals surface area contributed by atoms with Gasteiger partial charge in [-0.1, -0.05) is 43.7 Å². The zero-order valence-corrected chi connectivity index (χ0v) is 11.6. The van der Waals surface area contributed by atoms with Crippen molar-refractivity contribution >= 4 is 11.6 Å². The van der Waals surface area contributed by atoms with Crippen LogP contribution in [0, 0.1) is 5.82 Å². The van der Waals surface area contributed by atoms with Crippen LogP contribution in [-0.4, -0.2) is 12.5 Å². The van der Waals surface area contributed by atoms with Crippen molar-refractivity contribution in [2.24, 2.45) is 0 Å². The summed E-state index contributed by atoms with van der Waals surface area (Å²) in [6.07, 6.45) is 1.86. The van der Waals surface area contributed by atoms with Crippen LogP contribution >= 0.6 is 0 Å². The molecule has 0 aliphatic carbocycles. The molecule has 0 aliphatic rings. The van der Waals surface area contributed by atoms with E-state index in [0.717, 1.165) is 18.5 Å². The number of amides is 1. The van der Waals surface area contributed by atoms with E-state index >= 15 is 0 Å². The summed E-state index contributed by atoms with van der Waals surface area (Å²) in [6.45, 7) is 2.66. The number of carbonyl (C=O) groups is 1. The topological polar surface area (TPSA) is 20.3 Å². The average Bonchev–Trinajstić information content (AvgIpc) is 2.49. The van der Waals surface area contributed by atoms with Crippen molar-refractivity contribution in [3.63, 3.8) is 0 Å². The van der Waals surface area contributed by atoms with Gasteiger partial charge in [-0.2, -0.15) is 0 Å². The third kappa shape index (κ3) is 3.23. The van der Waals surface area contributed by atoms with Gasteiger partial charge in [-0.3, -0.25) is 4.79 Å². The second-order valence-corrected chi connectivity index (χ2v) is 4.63. The summed E-state index contributed by atoms with van der Waals surface area (Å²) in [7, 11) is 0. The third-order valence-electron chi connectivity index (χ3n) is 3.15. The number of nitrogens with zero attached hydrogens (tertiary/aromatic N) is 1. The maximum Gasteiger partial charge on any atom is 0.261 e. The van der Waals surface area contributed by atoms with Crippen molar-refractivity contribution in [2.45, 2.75) is 19.8 Å². The van der Waals surface area contributed by atoms with Crippen LogP contribution in [0.25, 0.3) is 0 Å². The number of halogens is 1. The molecule has 2 aromatic rings. The van der Waals surface area contributed by atoms with E-state index in [2.05, 4.69) is 6.92 Å². The van der Waals surface area contributed by atoms with E-state index in [1.807, 2.05) is 30.3 Å². The first-order valence-corrected chi connectivity index (χ1v) is 6.85.